The summed E-state index contributed by atoms with van der Waals surface area (Å²) in [5.41, 5.74) is -1.32. The molecule has 0 saturated carbocycles. The second-order valence-corrected chi connectivity index (χ2v) is 5.64. The Kier molecular flexibility index (Phi) is 4.73. The molecule has 2 N–H and O–H groups in total. The fourth-order valence-corrected chi connectivity index (χ4v) is 2.09. The van der Waals surface area contributed by atoms with Gasteiger partial charge in [0.15, 0.2) is 0 Å². The Balaban J connectivity index is 2.57. The monoisotopic (exact) mass is 256 g/mol. The Hall–Kier alpha value is -1.10. The first-order valence-electron chi connectivity index (χ1n) is 6.58. The quantitative estimate of drug-likeness (QED) is 0.773. The highest BCUT2D eigenvalue weighted by atomic mass is 16.3. The van der Waals surface area contributed by atoms with Crippen molar-refractivity contribution in [1.82, 2.24) is 10.2 Å². The van der Waals surface area contributed by atoms with Gasteiger partial charge in [0.2, 0.25) is 5.91 Å². The Labute approximate surface area is 109 Å². The molecule has 1 aliphatic heterocycles. The van der Waals surface area contributed by atoms with Gasteiger partial charge in [0, 0.05) is 37.9 Å². The van der Waals surface area contributed by atoms with Crippen molar-refractivity contribution in [1.29, 1.82) is 0 Å². The van der Waals surface area contributed by atoms with Crippen molar-refractivity contribution in [3.05, 3.63) is 0 Å². The molecule has 1 aliphatic rings. The smallest absolute Gasteiger partial charge is 0.252 e. The van der Waals surface area contributed by atoms with E-state index in [0.29, 0.717) is 25.9 Å². The molecule has 0 aromatic heterocycles. The predicted molar refractivity (Wildman–Crippen MR) is 68.9 cm³/mol. The summed E-state index contributed by atoms with van der Waals surface area (Å²) in [5.74, 6) is -0.281. The molecule has 5 heteroatoms. The molecule has 2 amide bonds. The van der Waals surface area contributed by atoms with Crippen LogP contribution in [0.4, 0.5) is 0 Å². The van der Waals surface area contributed by atoms with Crippen LogP contribution in [0, 0.1) is 5.92 Å². The Morgan fingerprint density at radius 1 is 1.17 bits per heavy atom. The Morgan fingerprint density at radius 2 is 1.67 bits per heavy atom. The molecular formula is C13H24N2O3. The lowest BCUT2D eigenvalue weighted by atomic mass is 9.89. The first kappa shape index (κ1) is 15.0. The Bertz CT molecular complexity index is 318. The fraction of sp³-hybridized carbons (Fsp3) is 0.846. The number of carbonyl (C=O) groups is 2. The number of carbonyl (C=O) groups excluding carboxylic acids is 2. The molecule has 1 rings (SSSR count). The third-order valence-corrected chi connectivity index (χ3v) is 3.24. The zero-order chi connectivity index (χ0) is 13.9. The van der Waals surface area contributed by atoms with E-state index in [4.69, 9.17) is 0 Å². The van der Waals surface area contributed by atoms with Crippen molar-refractivity contribution >= 4 is 11.8 Å². The molecule has 0 radical (unpaired) electrons. The highest BCUT2D eigenvalue weighted by Gasteiger charge is 2.40. The van der Waals surface area contributed by atoms with Crippen LogP contribution in [0.15, 0.2) is 0 Å². The third-order valence-electron chi connectivity index (χ3n) is 3.24. The van der Waals surface area contributed by atoms with E-state index in [2.05, 4.69) is 5.32 Å². The minimum atomic E-state index is -1.32. The van der Waals surface area contributed by atoms with Crippen LogP contribution in [0.25, 0.3) is 0 Å². The van der Waals surface area contributed by atoms with Gasteiger partial charge in [-0.2, -0.15) is 0 Å². The molecule has 1 fully saturated rings. The van der Waals surface area contributed by atoms with E-state index in [-0.39, 0.29) is 23.8 Å². The van der Waals surface area contributed by atoms with E-state index in [1.54, 1.807) is 4.90 Å². The highest BCUT2D eigenvalue weighted by Crippen LogP contribution is 2.23. The number of amides is 2. The maximum Gasteiger partial charge on any atom is 0.252 e. The van der Waals surface area contributed by atoms with Crippen LogP contribution in [0.5, 0.6) is 0 Å². The summed E-state index contributed by atoms with van der Waals surface area (Å²) in [6.07, 6.45) is 0.619. The topological polar surface area (TPSA) is 69.6 Å². The van der Waals surface area contributed by atoms with Crippen LogP contribution in [0.2, 0.25) is 0 Å². The van der Waals surface area contributed by atoms with Crippen LogP contribution < -0.4 is 5.32 Å². The molecule has 0 aliphatic carbocycles. The summed E-state index contributed by atoms with van der Waals surface area (Å²) in [5, 5.41) is 13.0. The minimum Gasteiger partial charge on any atom is -0.380 e. The van der Waals surface area contributed by atoms with Gasteiger partial charge in [-0.15, -0.1) is 0 Å². The van der Waals surface area contributed by atoms with E-state index in [9.17, 15) is 14.7 Å². The first-order valence-corrected chi connectivity index (χ1v) is 6.58. The van der Waals surface area contributed by atoms with Crippen molar-refractivity contribution in [2.24, 2.45) is 5.92 Å². The molecule has 0 aromatic carbocycles. The van der Waals surface area contributed by atoms with Crippen LogP contribution in [-0.2, 0) is 9.59 Å². The van der Waals surface area contributed by atoms with E-state index in [0.717, 1.165) is 0 Å². The second kappa shape index (κ2) is 5.69. The molecule has 0 aromatic rings. The third kappa shape index (κ3) is 3.45. The number of rotatable bonds is 3. The summed E-state index contributed by atoms with van der Waals surface area (Å²) in [6.45, 7) is 8.32. The number of hydrogen-bond acceptors (Lipinski definition) is 3. The summed E-state index contributed by atoms with van der Waals surface area (Å²) in [6, 6.07) is 0.0110. The standard InChI is InChI=1S/C13H24N2O3/c1-9(2)11(16)15-7-5-13(18,6-8-15)12(17)14-10(3)4/h9-10,18H,5-8H2,1-4H3,(H,14,17). The SMILES string of the molecule is CC(C)NC(=O)C1(O)CCN(C(=O)C(C)C)CC1. The van der Waals surface area contributed by atoms with E-state index in [1.165, 1.54) is 0 Å². The molecule has 0 spiro atoms. The number of nitrogens with zero attached hydrogens (tertiary/aromatic N) is 1. The van der Waals surface area contributed by atoms with E-state index in [1.807, 2.05) is 27.7 Å². The number of aliphatic hydroxyl groups is 1. The van der Waals surface area contributed by atoms with Gasteiger partial charge in [-0.25, -0.2) is 0 Å². The highest BCUT2D eigenvalue weighted by molar-refractivity contribution is 5.86. The van der Waals surface area contributed by atoms with Crippen LogP contribution >= 0.6 is 0 Å². The molecule has 18 heavy (non-hydrogen) atoms. The van der Waals surface area contributed by atoms with Crippen LogP contribution in [-0.4, -0.2) is 46.6 Å². The van der Waals surface area contributed by atoms with Gasteiger partial charge in [0.25, 0.3) is 5.91 Å². The fourth-order valence-electron chi connectivity index (χ4n) is 2.09. The normalized spacial score (nSPS) is 19.2. The van der Waals surface area contributed by atoms with Gasteiger partial charge < -0.3 is 15.3 Å². The van der Waals surface area contributed by atoms with Gasteiger partial charge >= 0.3 is 0 Å². The lowest BCUT2D eigenvalue weighted by Gasteiger charge is -2.38. The van der Waals surface area contributed by atoms with Gasteiger partial charge in [-0.3, -0.25) is 9.59 Å². The largest absolute Gasteiger partial charge is 0.380 e. The number of nitrogens with one attached hydrogen (secondary N) is 1. The van der Waals surface area contributed by atoms with Crippen molar-refractivity contribution in [3.8, 4) is 0 Å². The van der Waals surface area contributed by atoms with Crippen molar-refractivity contribution in [2.45, 2.75) is 52.2 Å². The zero-order valence-corrected chi connectivity index (χ0v) is 11.7. The number of piperidine rings is 1. The van der Waals surface area contributed by atoms with Crippen LogP contribution in [0.1, 0.15) is 40.5 Å². The van der Waals surface area contributed by atoms with Crippen molar-refractivity contribution in [2.75, 3.05) is 13.1 Å². The average Bonchev–Trinajstić information content (AvgIpc) is 2.28. The van der Waals surface area contributed by atoms with Gasteiger partial charge in [0.1, 0.15) is 5.60 Å². The Morgan fingerprint density at radius 3 is 2.06 bits per heavy atom. The molecule has 0 unspecified atom stereocenters. The summed E-state index contributed by atoms with van der Waals surface area (Å²) >= 11 is 0. The number of hydrogen-bond donors (Lipinski definition) is 2. The summed E-state index contributed by atoms with van der Waals surface area (Å²) in [7, 11) is 0. The molecule has 5 nitrogen and oxygen atoms in total. The van der Waals surface area contributed by atoms with Crippen molar-refractivity contribution < 1.29 is 14.7 Å². The maximum absolute atomic E-state index is 11.9. The number of likely N-dealkylation sites (tertiary alicyclic amines) is 1. The maximum atomic E-state index is 11.9. The van der Waals surface area contributed by atoms with E-state index < -0.39 is 5.60 Å². The lowest BCUT2D eigenvalue weighted by Crippen LogP contribution is -2.56. The van der Waals surface area contributed by atoms with Gasteiger partial charge in [-0.05, 0) is 13.8 Å². The second-order valence-electron chi connectivity index (χ2n) is 5.64. The first-order chi connectivity index (χ1) is 8.26. The van der Waals surface area contributed by atoms with E-state index >= 15 is 0 Å². The summed E-state index contributed by atoms with van der Waals surface area (Å²) < 4.78 is 0. The lowest BCUT2D eigenvalue weighted by molar-refractivity contribution is -0.150. The molecule has 0 atom stereocenters. The molecule has 104 valence electrons. The van der Waals surface area contributed by atoms with Crippen molar-refractivity contribution in [3.63, 3.8) is 0 Å². The molecule has 1 saturated heterocycles. The van der Waals surface area contributed by atoms with Gasteiger partial charge in [0.05, 0.1) is 0 Å². The average molecular weight is 256 g/mol. The van der Waals surface area contributed by atoms with Gasteiger partial charge in [-0.1, -0.05) is 13.8 Å². The molecule has 0 bridgehead atoms. The molecule has 1 heterocycles. The molecular weight excluding hydrogens is 232 g/mol. The zero-order valence-electron chi connectivity index (χ0n) is 11.7. The predicted octanol–water partition coefficient (Wildman–Crippen LogP) is 0.520. The minimum absolute atomic E-state index is 0.0110. The summed E-state index contributed by atoms with van der Waals surface area (Å²) in [4.78, 5) is 25.4. The van der Waals surface area contributed by atoms with Crippen LogP contribution in [0.3, 0.4) is 0 Å².